The second kappa shape index (κ2) is 6.97. The third-order valence-corrected chi connectivity index (χ3v) is 8.37. The minimum atomic E-state index is -0.126. The summed E-state index contributed by atoms with van der Waals surface area (Å²) >= 11 is 1.60. The number of hydrogen-bond donors (Lipinski definition) is 0. The molecule has 0 radical (unpaired) electrons. The van der Waals surface area contributed by atoms with Crippen LogP contribution in [0.1, 0.15) is 53.9 Å². The number of nitrogens with zero attached hydrogens (tertiary/aromatic N) is 3. The Hall–Kier alpha value is -2.15. The first-order chi connectivity index (χ1) is 14.0. The summed E-state index contributed by atoms with van der Waals surface area (Å²) in [6, 6.07) is 5.21. The quantitative estimate of drug-likeness (QED) is 0.731. The first-order valence-electron chi connectivity index (χ1n) is 10.4. The van der Waals surface area contributed by atoms with Gasteiger partial charge in [-0.1, -0.05) is 11.3 Å². The Labute approximate surface area is 175 Å². The van der Waals surface area contributed by atoms with Gasteiger partial charge in [0.15, 0.2) is 11.5 Å². The molecule has 2 aromatic rings. The second-order valence-electron chi connectivity index (χ2n) is 9.02. The van der Waals surface area contributed by atoms with Gasteiger partial charge in [0.25, 0.3) is 5.91 Å². The molecule has 4 saturated carbocycles. The predicted octanol–water partition coefficient (Wildman–Crippen LogP) is 4.30. The van der Waals surface area contributed by atoms with Crippen molar-refractivity contribution in [2.75, 3.05) is 26.2 Å². The van der Waals surface area contributed by atoms with Gasteiger partial charge in [-0.25, -0.2) is 0 Å². The summed E-state index contributed by atoms with van der Waals surface area (Å²) in [6.45, 7) is 0. The van der Waals surface area contributed by atoms with Crippen molar-refractivity contribution in [2.45, 2.75) is 43.9 Å². The van der Waals surface area contributed by atoms with Crippen LogP contribution >= 0.6 is 11.3 Å². The lowest BCUT2D eigenvalue weighted by molar-refractivity contribution is -0.00555. The number of carbonyl (C=O) groups is 1. The molecule has 1 aromatic carbocycles. The molecule has 1 heterocycles. The summed E-state index contributed by atoms with van der Waals surface area (Å²) in [5, 5.41) is 10.8. The maximum Gasteiger partial charge on any atom is 0.259 e. The van der Waals surface area contributed by atoms with Gasteiger partial charge in [0, 0.05) is 18.0 Å². The molecule has 4 bridgehead atoms. The van der Waals surface area contributed by atoms with Gasteiger partial charge < -0.3 is 9.47 Å². The van der Waals surface area contributed by atoms with Crippen LogP contribution in [0, 0.1) is 17.8 Å². The third kappa shape index (κ3) is 3.10. The van der Waals surface area contributed by atoms with Crippen LogP contribution in [0.15, 0.2) is 18.2 Å². The lowest BCUT2D eigenvalue weighted by Crippen LogP contribution is -2.48. The van der Waals surface area contributed by atoms with Crippen molar-refractivity contribution in [3.63, 3.8) is 0 Å². The van der Waals surface area contributed by atoms with E-state index in [0.29, 0.717) is 22.2 Å². The average molecular weight is 414 g/mol. The highest BCUT2D eigenvalue weighted by Crippen LogP contribution is 2.61. The molecule has 4 aliphatic carbocycles. The SMILES string of the molecule is COc1ccc(C(=O)N(C)c2nnc(C34CC5CC(CC(C5)C3)C4)s2)cc1OC. The van der Waals surface area contributed by atoms with Gasteiger partial charge in [0.1, 0.15) is 5.01 Å². The van der Waals surface area contributed by atoms with Crippen LogP contribution < -0.4 is 14.4 Å². The second-order valence-corrected chi connectivity index (χ2v) is 9.98. The zero-order valence-corrected chi connectivity index (χ0v) is 18.0. The van der Waals surface area contributed by atoms with E-state index in [0.717, 1.165) is 22.8 Å². The lowest BCUT2D eigenvalue weighted by atomic mass is 9.50. The van der Waals surface area contributed by atoms with Crippen LogP contribution in [-0.4, -0.2) is 37.4 Å². The zero-order chi connectivity index (χ0) is 20.2. The molecular weight excluding hydrogens is 386 g/mol. The maximum atomic E-state index is 13.0. The number of rotatable bonds is 5. The normalized spacial score (nSPS) is 29.7. The molecule has 4 aliphatic rings. The molecule has 0 spiro atoms. The van der Waals surface area contributed by atoms with Gasteiger partial charge in [-0.15, -0.1) is 10.2 Å². The fraction of sp³-hybridized carbons (Fsp3) is 0.591. The van der Waals surface area contributed by atoms with E-state index in [2.05, 4.69) is 10.2 Å². The maximum absolute atomic E-state index is 13.0. The van der Waals surface area contributed by atoms with Crippen molar-refractivity contribution in [3.05, 3.63) is 28.8 Å². The van der Waals surface area contributed by atoms with Crippen molar-refractivity contribution in [1.29, 1.82) is 0 Å². The summed E-state index contributed by atoms with van der Waals surface area (Å²) < 4.78 is 10.6. The first kappa shape index (κ1) is 18.9. The van der Waals surface area contributed by atoms with Crippen LogP contribution in [0.3, 0.4) is 0 Å². The molecule has 6 rings (SSSR count). The number of benzene rings is 1. The van der Waals surface area contributed by atoms with E-state index in [4.69, 9.17) is 9.47 Å². The molecule has 7 heteroatoms. The molecule has 0 atom stereocenters. The Morgan fingerprint density at radius 1 is 1.03 bits per heavy atom. The molecule has 154 valence electrons. The van der Waals surface area contributed by atoms with Crippen LogP contribution in [0.25, 0.3) is 0 Å². The van der Waals surface area contributed by atoms with Gasteiger partial charge in [-0.05, 0) is 74.5 Å². The number of anilines is 1. The van der Waals surface area contributed by atoms with E-state index in [9.17, 15) is 4.79 Å². The first-order valence-corrected chi connectivity index (χ1v) is 11.2. The smallest absolute Gasteiger partial charge is 0.259 e. The minimum absolute atomic E-state index is 0.126. The summed E-state index contributed by atoms with van der Waals surface area (Å²) in [5.74, 6) is 3.60. The van der Waals surface area contributed by atoms with Crippen molar-refractivity contribution in [1.82, 2.24) is 10.2 Å². The zero-order valence-electron chi connectivity index (χ0n) is 17.2. The van der Waals surface area contributed by atoms with Crippen molar-refractivity contribution >= 4 is 22.4 Å². The Balaban J connectivity index is 1.39. The van der Waals surface area contributed by atoms with Crippen molar-refractivity contribution < 1.29 is 14.3 Å². The molecule has 0 aliphatic heterocycles. The molecule has 1 aromatic heterocycles. The Kier molecular flexibility index (Phi) is 4.53. The van der Waals surface area contributed by atoms with Gasteiger partial charge >= 0.3 is 0 Å². The van der Waals surface area contributed by atoms with E-state index in [1.165, 1.54) is 38.5 Å². The molecule has 29 heavy (non-hydrogen) atoms. The fourth-order valence-electron chi connectivity index (χ4n) is 6.19. The highest BCUT2D eigenvalue weighted by molar-refractivity contribution is 7.15. The summed E-state index contributed by atoms with van der Waals surface area (Å²) in [6.07, 6.45) is 7.97. The largest absolute Gasteiger partial charge is 0.493 e. The van der Waals surface area contributed by atoms with Crippen molar-refractivity contribution in [2.24, 2.45) is 17.8 Å². The predicted molar refractivity (Wildman–Crippen MR) is 112 cm³/mol. The standard InChI is InChI=1S/C22H27N3O3S/c1-25(19(26)16-4-5-17(27-2)18(9-16)28-3)21-24-23-20(29-21)22-10-13-6-14(11-22)8-15(7-13)12-22/h4-5,9,13-15H,6-8,10-12H2,1-3H3. The third-order valence-electron chi connectivity index (χ3n) is 7.13. The summed E-state index contributed by atoms with van der Waals surface area (Å²) in [5.41, 5.74) is 0.745. The Bertz CT molecular complexity index is 906. The van der Waals surface area contributed by atoms with E-state index < -0.39 is 0 Å². The number of hydrogen-bond acceptors (Lipinski definition) is 6. The highest BCUT2D eigenvalue weighted by atomic mass is 32.1. The highest BCUT2D eigenvalue weighted by Gasteiger charge is 2.53. The summed E-state index contributed by atoms with van der Waals surface area (Å²) in [4.78, 5) is 14.6. The van der Waals surface area contributed by atoms with E-state index >= 15 is 0 Å². The van der Waals surface area contributed by atoms with E-state index in [-0.39, 0.29) is 11.3 Å². The van der Waals surface area contributed by atoms with Crippen LogP contribution in [0.4, 0.5) is 5.13 Å². The Morgan fingerprint density at radius 2 is 1.66 bits per heavy atom. The topological polar surface area (TPSA) is 64.5 Å². The molecule has 1 amide bonds. The lowest BCUT2D eigenvalue weighted by Gasteiger charge is -2.55. The van der Waals surface area contributed by atoms with Gasteiger partial charge in [0.2, 0.25) is 5.13 Å². The molecule has 4 fully saturated rings. The molecule has 0 N–H and O–H groups in total. The van der Waals surface area contributed by atoms with Crippen molar-refractivity contribution in [3.8, 4) is 11.5 Å². The van der Waals surface area contributed by atoms with Crippen LogP contribution in [0.5, 0.6) is 11.5 Å². The number of amides is 1. The van der Waals surface area contributed by atoms with Gasteiger partial charge in [-0.3, -0.25) is 9.69 Å². The van der Waals surface area contributed by atoms with Gasteiger partial charge in [0.05, 0.1) is 14.2 Å². The van der Waals surface area contributed by atoms with E-state index in [1.54, 1.807) is 55.7 Å². The van der Waals surface area contributed by atoms with Gasteiger partial charge in [-0.2, -0.15) is 0 Å². The number of methoxy groups -OCH3 is 2. The van der Waals surface area contributed by atoms with E-state index in [1.807, 2.05) is 0 Å². The Morgan fingerprint density at radius 3 is 2.24 bits per heavy atom. The summed E-state index contributed by atoms with van der Waals surface area (Å²) in [7, 11) is 4.92. The monoisotopic (exact) mass is 413 g/mol. The number of ether oxygens (including phenoxy) is 2. The number of carbonyl (C=O) groups excluding carboxylic acids is 1. The fourth-order valence-corrected chi connectivity index (χ4v) is 7.21. The number of aromatic nitrogens is 2. The molecule has 0 unspecified atom stereocenters. The molecule has 6 nitrogen and oxygen atoms in total. The molecule has 0 saturated heterocycles. The van der Waals surface area contributed by atoms with Crippen LogP contribution in [-0.2, 0) is 5.41 Å². The molecular formula is C22H27N3O3S. The minimum Gasteiger partial charge on any atom is -0.493 e. The average Bonchev–Trinajstić information content (AvgIpc) is 3.22. The van der Waals surface area contributed by atoms with Crippen LogP contribution in [0.2, 0.25) is 0 Å².